The summed E-state index contributed by atoms with van der Waals surface area (Å²) >= 11 is 6.02. The Kier molecular flexibility index (Phi) is 3.63. The van der Waals surface area contributed by atoms with Crippen molar-refractivity contribution in [3.8, 4) is 11.3 Å². The fourth-order valence-electron chi connectivity index (χ4n) is 2.59. The van der Waals surface area contributed by atoms with E-state index in [1.165, 1.54) is 12.1 Å². The molecule has 0 aliphatic rings. The number of anilines is 2. The molecule has 2 heterocycles. The van der Waals surface area contributed by atoms with Crippen LogP contribution in [0.15, 0.2) is 60.9 Å². The number of nitrogens with one attached hydrogen (secondary N) is 2. The predicted molar refractivity (Wildman–Crippen MR) is 94.0 cm³/mol. The molecular formula is C18H12ClFN4. The Morgan fingerprint density at radius 2 is 1.96 bits per heavy atom. The van der Waals surface area contributed by atoms with E-state index in [1.54, 1.807) is 18.5 Å². The summed E-state index contributed by atoms with van der Waals surface area (Å²) in [6.07, 6.45) is 3.42. The first-order valence-corrected chi connectivity index (χ1v) is 7.69. The van der Waals surface area contributed by atoms with Crippen molar-refractivity contribution < 1.29 is 4.39 Å². The lowest BCUT2D eigenvalue weighted by molar-refractivity contribution is 0.631. The van der Waals surface area contributed by atoms with E-state index in [-0.39, 0.29) is 5.82 Å². The standard InChI is InChI=1S/C18H12ClFN4/c19-11-5-6-15(20)14(7-11)18-8-17(23-12-9-21-22-10-12)13-3-1-2-4-16(13)24-18/h1-10H,(H,21,22)(H,23,24). The molecule has 118 valence electrons. The van der Waals surface area contributed by atoms with Gasteiger partial charge in [-0.05, 0) is 30.3 Å². The van der Waals surface area contributed by atoms with E-state index in [4.69, 9.17) is 11.6 Å². The van der Waals surface area contributed by atoms with E-state index in [1.807, 2.05) is 30.3 Å². The Balaban J connectivity index is 1.92. The monoisotopic (exact) mass is 338 g/mol. The van der Waals surface area contributed by atoms with E-state index in [0.717, 1.165) is 22.3 Å². The molecule has 0 spiro atoms. The van der Waals surface area contributed by atoms with Crippen LogP contribution >= 0.6 is 11.6 Å². The lowest BCUT2D eigenvalue weighted by Crippen LogP contribution is -1.95. The lowest BCUT2D eigenvalue weighted by Gasteiger charge is -2.11. The van der Waals surface area contributed by atoms with Crippen molar-refractivity contribution >= 4 is 33.9 Å². The second kappa shape index (κ2) is 5.94. The SMILES string of the molecule is Fc1ccc(Cl)cc1-c1cc(Nc2cn[nH]c2)c2ccccc2n1. The second-order valence-electron chi connectivity index (χ2n) is 5.31. The zero-order valence-corrected chi connectivity index (χ0v) is 13.2. The van der Waals surface area contributed by atoms with Crippen molar-refractivity contribution in [2.75, 3.05) is 5.32 Å². The number of hydrogen-bond donors (Lipinski definition) is 2. The zero-order valence-electron chi connectivity index (χ0n) is 12.4. The largest absolute Gasteiger partial charge is 0.352 e. The highest BCUT2D eigenvalue weighted by Gasteiger charge is 2.12. The molecule has 0 atom stereocenters. The number of aromatic nitrogens is 3. The van der Waals surface area contributed by atoms with Crippen molar-refractivity contribution in [1.82, 2.24) is 15.2 Å². The van der Waals surface area contributed by atoms with Crippen LogP contribution in [0, 0.1) is 5.82 Å². The van der Waals surface area contributed by atoms with E-state index in [2.05, 4.69) is 20.5 Å². The molecule has 0 radical (unpaired) electrons. The van der Waals surface area contributed by atoms with Crippen molar-refractivity contribution in [2.24, 2.45) is 0 Å². The van der Waals surface area contributed by atoms with Crippen LogP contribution in [0.1, 0.15) is 0 Å². The molecule has 0 amide bonds. The minimum Gasteiger partial charge on any atom is -0.352 e. The first kappa shape index (κ1) is 14.7. The molecular weight excluding hydrogens is 327 g/mol. The number of nitrogens with zero attached hydrogens (tertiary/aromatic N) is 2. The van der Waals surface area contributed by atoms with Gasteiger partial charge >= 0.3 is 0 Å². The average Bonchev–Trinajstić information content (AvgIpc) is 3.10. The molecule has 0 saturated carbocycles. The number of para-hydroxylation sites is 1. The minimum absolute atomic E-state index is 0.364. The second-order valence-corrected chi connectivity index (χ2v) is 5.74. The molecule has 2 aromatic carbocycles. The molecule has 0 aliphatic carbocycles. The first-order chi connectivity index (χ1) is 11.7. The normalized spacial score (nSPS) is 10.9. The molecule has 0 aliphatic heterocycles. The maximum Gasteiger partial charge on any atom is 0.132 e. The summed E-state index contributed by atoms with van der Waals surface area (Å²) in [5.41, 5.74) is 3.27. The van der Waals surface area contributed by atoms with Crippen molar-refractivity contribution in [3.05, 3.63) is 71.8 Å². The molecule has 4 rings (SSSR count). The van der Waals surface area contributed by atoms with Gasteiger partial charge in [0.05, 0.1) is 28.8 Å². The van der Waals surface area contributed by atoms with Crippen LogP contribution in [0.25, 0.3) is 22.2 Å². The lowest BCUT2D eigenvalue weighted by atomic mass is 10.1. The smallest absolute Gasteiger partial charge is 0.132 e. The molecule has 0 fully saturated rings. The number of hydrogen-bond acceptors (Lipinski definition) is 3. The van der Waals surface area contributed by atoms with Crippen molar-refractivity contribution in [2.45, 2.75) is 0 Å². The van der Waals surface area contributed by atoms with Gasteiger partial charge in [-0.15, -0.1) is 0 Å². The predicted octanol–water partition coefficient (Wildman–Crippen LogP) is 5.16. The summed E-state index contributed by atoms with van der Waals surface area (Å²) in [6.45, 7) is 0. The molecule has 0 saturated heterocycles. The molecule has 0 bridgehead atoms. The summed E-state index contributed by atoms with van der Waals surface area (Å²) in [5.74, 6) is -0.364. The van der Waals surface area contributed by atoms with Crippen LogP contribution in [-0.2, 0) is 0 Å². The van der Waals surface area contributed by atoms with Crippen LogP contribution in [-0.4, -0.2) is 15.2 Å². The van der Waals surface area contributed by atoms with E-state index < -0.39 is 0 Å². The van der Waals surface area contributed by atoms with Crippen LogP contribution in [0.2, 0.25) is 5.02 Å². The van der Waals surface area contributed by atoms with Gasteiger partial charge in [0, 0.05) is 22.2 Å². The maximum absolute atomic E-state index is 14.2. The Bertz CT molecular complexity index is 1010. The maximum atomic E-state index is 14.2. The summed E-state index contributed by atoms with van der Waals surface area (Å²) in [6, 6.07) is 13.9. The Labute approximate surface area is 142 Å². The van der Waals surface area contributed by atoms with E-state index >= 15 is 0 Å². The molecule has 2 N–H and O–H groups in total. The number of aromatic amines is 1. The van der Waals surface area contributed by atoms with Gasteiger partial charge in [-0.25, -0.2) is 9.37 Å². The van der Waals surface area contributed by atoms with Crippen LogP contribution in [0.5, 0.6) is 0 Å². The number of H-pyrrole nitrogens is 1. The average molecular weight is 339 g/mol. The van der Waals surface area contributed by atoms with Gasteiger partial charge in [0.25, 0.3) is 0 Å². The third-order valence-electron chi connectivity index (χ3n) is 3.70. The Hall–Kier alpha value is -2.92. The summed E-state index contributed by atoms with van der Waals surface area (Å²) in [5, 5.41) is 11.4. The van der Waals surface area contributed by atoms with Crippen molar-refractivity contribution in [3.63, 3.8) is 0 Å². The quantitative estimate of drug-likeness (QED) is 0.542. The van der Waals surface area contributed by atoms with Gasteiger partial charge in [-0.1, -0.05) is 29.8 Å². The summed E-state index contributed by atoms with van der Waals surface area (Å²) < 4.78 is 14.2. The van der Waals surface area contributed by atoms with Crippen LogP contribution in [0.3, 0.4) is 0 Å². The minimum atomic E-state index is -0.364. The number of benzene rings is 2. The third kappa shape index (κ3) is 2.70. The molecule has 6 heteroatoms. The zero-order chi connectivity index (χ0) is 16.5. The van der Waals surface area contributed by atoms with Crippen molar-refractivity contribution in [1.29, 1.82) is 0 Å². The highest BCUT2D eigenvalue weighted by molar-refractivity contribution is 6.30. The van der Waals surface area contributed by atoms with Crippen LogP contribution < -0.4 is 5.32 Å². The molecule has 4 nitrogen and oxygen atoms in total. The number of fused-ring (bicyclic) bond motifs is 1. The highest BCUT2D eigenvalue weighted by Crippen LogP contribution is 2.32. The topological polar surface area (TPSA) is 53.6 Å². The van der Waals surface area contributed by atoms with Gasteiger partial charge in [0.2, 0.25) is 0 Å². The number of halogens is 2. The summed E-state index contributed by atoms with van der Waals surface area (Å²) in [7, 11) is 0. The fraction of sp³-hybridized carbons (Fsp3) is 0. The van der Waals surface area contributed by atoms with Gasteiger partial charge < -0.3 is 5.32 Å². The van der Waals surface area contributed by atoms with Gasteiger partial charge in [0.15, 0.2) is 0 Å². The van der Waals surface area contributed by atoms with E-state index in [9.17, 15) is 4.39 Å². The molecule has 4 aromatic rings. The first-order valence-electron chi connectivity index (χ1n) is 7.32. The fourth-order valence-corrected chi connectivity index (χ4v) is 2.76. The highest BCUT2D eigenvalue weighted by atomic mass is 35.5. The molecule has 2 aromatic heterocycles. The Morgan fingerprint density at radius 3 is 2.79 bits per heavy atom. The summed E-state index contributed by atoms with van der Waals surface area (Å²) in [4.78, 5) is 4.58. The Morgan fingerprint density at radius 1 is 1.08 bits per heavy atom. The third-order valence-corrected chi connectivity index (χ3v) is 3.93. The van der Waals surface area contributed by atoms with Gasteiger partial charge in [-0.2, -0.15) is 5.10 Å². The number of rotatable bonds is 3. The number of pyridine rings is 1. The van der Waals surface area contributed by atoms with Gasteiger partial charge in [0.1, 0.15) is 5.82 Å². The van der Waals surface area contributed by atoms with Gasteiger partial charge in [-0.3, -0.25) is 5.10 Å². The van der Waals surface area contributed by atoms with E-state index in [0.29, 0.717) is 16.3 Å². The molecule has 0 unspecified atom stereocenters. The van der Waals surface area contributed by atoms with Crippen LogP contribution in [0.4, 0.5) is 15.8 Å². The molecule has 24 heavy (non-hydrogen) atoms.